The average molecular weight is 443 g/mol. The first-order valence-electron chi connectivity index (χ1n) is 10.1. The van der Waals surface area contributed by atoms with E-state index < -0.39 is 0 Å². The van der Waals surface area contributed by atoms with E-state index in [1.807, 2.05) is 4.90 Å². The van der Waals surface area contributed by atoms with E-state index in [1.165, 1.54) is 16.8 Å². The molecular formula is C21H23FN6O2S. The molecule has 0 radical (unpaired) electrons. The van der Waals surface area contributed by atoms with Gasteiger partial charge in [-0.15, -0.1) is 5.10 Å². The summed E-state index contributed by atoms with van der Waals surface area (Å²) in [6, 6.07) is 7.72. The molecule has 1 aliphatic heterocycles. The van der Waals surface area contributed by atoms with E-state index in [1.54, 1.807) is 32.2 Å². The second-order valence-corrected chi connectivity index (χ2v) is 8.43. The van der Waals surface area contributed by atoms with E-state index in [0.717, 1.165) is 29.9 Å². The lowest BCUT2D eigenvalue weighted by Gasteiger charge is -2.31. The Labute approximate surface area is 183 Å². The summed E-state index contributed by atoms with van der Waals surface area (Å²) in [6.07, 6.45) is 1.65. The molecule has 0 saturated carbocycles. The predicted octanol–water partition coefficient (Wildman–Crippen LogP) is 2.67. The standard InChI is InChI=1S/C21H23FN6O2S/c1-13-19(31-26-24-13)21(30)28-9-7-14(8-10-28)12-23-20(29)18-11-17(25-27(18)2)15-3-5-16(22)6-4-15/h3-6,11,14H,7-10,12H2,1-2H3,(H,23,29). The normalized spacial score (nSPS) is 14.6. The molecule has 1 aliphatic rings. The fraction of sp³-hybridized carbons (Fsp3) is 0.381. The number of aromatic nitrogens is 4. The van der Waals surface area contributed by atoms with E-state index in [9.17, 15) is 14.0 Å². The molecular weight excluding hydrogens is 419 g/mol. The number of likely N-dealkylation sites (tertiary alicyclic amines) is 1. The highest BCUT2D eigenvalue weighted by atomic mass is 32.1. The summed E-state index contributed by atoms with van der Waals surface area (Å²) in [5.41, 5.74) is 2.48. The number of carbonyl (C=O) groups is 2. The number of rotatable bonds is 5. The molecule has 1 N–H and O–H groups in total. The van der Waals surface area contributed by atoms with Gasteiger partial charge in [0, 0.05) is 32.2 Å². The summed E-state index contributed by atoms with van der Waals surface area (Å²) in [5.74, 6) is -0.228. The summed E-state index contributed by atoms with van der Waals surface area (Å²) in [4.78, 5) is 27.7. The van der Waals surface area contributed by atoms with Crippen molar-refractivity contribution in [2.24, 2.45) is 13.0 Å². The number of halogens is 1. The number of hydrogen-bond acceptors (Lipinski definition) is 6. The number of hydrogen-bond donors (Lipinski definition) is 1. The van der Waals surface area contributed by atoms with Crippen LogP contribution < -0.4 is 5.32 Å². The molecule has 0 atom stereocenters. The van der Waals surface area contributed by atoms with Crippen LogP contribution in [0.2, 0.25) is 0 Å². The van der Waals surface area contributed by atoms with Crippen LogP contribution in [0.1, 0.15) is 38.7 Å². The third kappa shape index (κ3) is 4.63. The van der Waals surface area contributed by atoms with Crippen LogP contribution in [0.5, 0.6) is 0 Å². The van der Waals surface area contributed by atoms with Gasteiger partial charge in [0.2, 0.25) is 0 Å². The van der Waals surface area contributed by atoms with Crippen molar-refractivity contribution in [3.63, 3.8) is 0 Å². The molecule has 8 nitrogen and oxygen atoms in total. The van der Waals surface area contributed by atoms with E-state index >= 15 is 0 Å². The minimum Gasteiger partial charge on any atom is -0.350 e. The quantitative estimate of drug-likeness (QED) is 0.656. The van der Waals surface area contributed by atoms with Crippen LogP contribution in [-0.2, 0) is 7.05 Å². The van der Waals surface area contributed by atoms with Gasteiger partial charge >= 0.3 is 0 Å². The molecule has 2 aromatic heterocycles. The zero-order chi connectivity index (χ0) is 22.0. The van der Waals surface area contributed by atoms with Crippen LogP contribution in [0.4, 0.5) is 4.39 Å². The van der Waals surface area contributed by atoms with Crippen molar-refractivity contribution >= 4 is 23.3 Å². The Bertz CT molecular complexity index is 1090. The molecule has 3 aromatic rings. The number of benzene rings is 1. The van der Waals surface area contributed by atoms with Crippen LogP contribution in [0.3, 0.4) is 0 Å². The van der Waals surface area contributed by atoms with Gasteiger partial charge < -0.3 is 10.2 Å². The van der Waals surface area contributed by atoms with Crippen LogP contribution in [0.25, 0.3) is 11.3 Å². The molecule has 0 spiro atoms. The molecule has 1 fully saturated rings. The lowest BCUT2D eigenvalue weighted by molar-refractivity contribution is 0.0687. The molecule has 162 valence electrons. The number of aryl methyl sites for hydroxylation is 2. The second kappa shape index (κ2) is 8.93. The summed E-state index contributed by atoms with van der Waals surface area (Å²) in [5, 5.41) is 11.3. The highest BCUT2D eigenvalue weighted by Crippen LogP contribution is 2.22. The summed E-state index contributed by atoms with van der Waals surface area (Å²) in [6.45, 7) is 3.63. The van der Waals surface area contributed by atoms with Gasteiger partial charge in [-0.05, 0) is 67.5 Å². The molecule has 10 heteroatoms. The molecule has 1 aromatic carbocycles. The molecule has 31 heavy (non-hydrogen) atoms. The van der Waals surface area contributed by atoms with Crippen molar-refractivity contribution in [3.8, 4) is 11.3 Å². The van der Waals surface area contributed by atoms with E-state index in [4.69, 9.17) is 0 Å². The van der Waals surface area contributed by atoms with E-state index in [2.05, 4.69) is 20.0 Å². The van der Waals surface area contributed by atoms with Crippen LogP contribution >= 0.6 is 11.5 Å². The summed E-state index contributed by atoms with van der Waals surface area (Å²) < 4.78 is 18.5. The highest BCUT2D eigenvalue weighted by Gasteiger charge is 2.26. The molecule has 0 aliphatic carbocycles. The second-order valence-electron chi connectivity index (χ2n) is 7.68. The Morgan fingerprint density at radius 2 is 1.94 bits per heavy atom. The molecule has 0 bridgehead atoms. The van der Waals surface area contributed by atoms with Gasteiger partial charge in [0.1, 0.15) is 16.4 Å². The van der Waals surface area contributed by atoms with Gasteiger partial charge in [-0.3, -0.25) is 14.3 Å². The number of carbonyl (C=O) groups excluding carboxylic acids is 2. The zero-order valence-electron chi connectivity index (χ0n) is 17.3. The maximum atomic E-state index is 13.1. The number of amides is 2. The van der Waals surface area contributed by atoms with Crippen molar-refractivity contribution in [2.45, 2.75) is 19.8 Å². The monoisotopic (exact) mass is 442 g/mol. The van der Waals surface area contributed by atoms with Crippen molar-refractivity contribution < 1.29 is 14.0 Å². The van der Waals surface area contributed by atoms with Crippen LogP contribution in [0.15, 0.2) is 30.3 Å². The molecule has 3 heterocycles. The Hall–Kier alpha value is -3.14. The summed E-state index contributed by atoms with van der Waals surface area (Å²) in [7, 11) is 1.71. The van der Waals surface area contributed by atoms with Gasteiger partial charge in [-0.1, -0.05) is 4.49 Å². The van der Waals surface area contributed by atoms with Crippen molar-refractivity contribution in [1.29, 1.82) is 0 Å². The zero-order valence-corrected chi connectivity index (χ0v) is 18.2. The minimum absolute atomic E-state index is 0.0156. The fourth-order valence-corrected chi connectivity index (χ4v) is 4.31. The Morgan fingerprint density at radius 3 is 2.58 bits per heavy atom. The van der Waals surface area contributed by atoms with Crippen molar-refractivity contribution in [1.82, 2.24) is 29.6 Å². The number of nitrogens with one attached hydrogen (secondary N) is 1. The maximum absolute atomic E-state index is 13.1. The first-order chi connectivity index (χ1) is 14.9. The topological polar surface area (TPSA) is 93.0 Å². The van der Waals surface area contributed by atoms with Gasteiger partial charge in [0.05, 0.1) is 11.4 Å². The van der Waals surface area contributed by atoms with Crippen LogP contribution in [-0.4, -0.2) is 55.7 Å². The van der Waals surface area contributed by atoms with Gasteiger partial charge in [-0.2, -0.15) is 5.10 Å². The van der Waals surface area contributed by atoms with Gasteiger partial charge in [0.15, 0.2) is 0 Å². The predicted molar refractivity (Wildman–Crippen MR) is 114 cm³/mol. The molecule has 1 saturated heterocycles. The third-order valence-electron chi connectivity index (χ3n) is 5.55. The fourth-order valence-electron chi connectivity index (χ4n) is 3.68. The summed E-state index contributed by atoms with van der Waals surface area (Å²) >= 11 is 1.13. The molecule has 0 unspecified atom stereocenters. The first-order valence-corrected chi connectivity index (χ1v) is 10.9. The number of piperidine rings is 1. The van der Waals surface area contributed by atoms with Crippen LogP contribution in [0, 0.1) is 18.7 Å². The molecule has 2 amide bonds. The smallest absolute Gasteiger partial charge is 0.269 e. The minimum atomic E-state index is -0.316. The average Bonchev–Trinajstić information content (AvgIpc) is 3.38. The first kappa shape index (κ1) is 21.1. The van der Waals surface area contributed by atoms with Gasteiger partial charge in [0.25, 0.3) is 11.8 Å². The Kier molecular flexibility index (Phi) is 6.08. The lowest BCUT2D eigenvalue weighted by Crippen LogP contribution is -2.41. The van der Waals surface area contributed by atoms with Crippen molar-refractivity contribution in [2.75, 3.05) is 19.6 Å². The largest absolute Gasteiger partial charge is 0.350 e. The lowest BCUT2D eigenvalue weighted by atomic mass is 9.96. The number of nitrogens with zero attached hydrogens (tertiary/aromatic N) is 5. The third-order valence-corrected chi connectivity index (χ3v) is 6.37. The maximum Gasteiger partial charge on any atom is 0.269 e. The highest BCUT2D eigenvalue weighted by molar-refractivity contribution is 7.07. The van der Waals surface area contributed by atoms with Gasteiger partial charge in [-0.25, -0.2) is 4.39 Å². The van der Waals surface area contributed by atoms with E-state index in [-0.39, 0.29) is 17.6 Å². The Morgan fingerprint density at radius 1 is 1.23 bits per heavy atom. The SMILES string of the molecule is Cc1nnsc1C(=O)N1CCC(CNC(=O)c2cc(-c3ccc(F)cc3)nn2C)CC1. The Balaban J connectivity index is 1.30. The van der Waals surface area contributed by atoms with Crippen molar-refractivity contribution in [3.05, 3.63) is 52.4 Å². The molecule has 4 rings (SSSR count). The van der Waals surface area contributed by atoms with E-state index in [0.29, 0.717) is 47.5 Å².